The molecule has 147 heavy (non-hydrogen) atoms. The van der Waals surface area contributed by atoms with Gasteiger partial charge in [0.05, 0.1) is 30.9 Å². The summed E-state index contributed by atoms with van der Waals surface area (Å²) in [5, 5.41) is 44.2. The van der Waals surface area contributed by atoms with Gasteiger partial charge in [-0.1, -0.05) is 234 Å². The van der Waals surface area contributed by atoms with Crippen molar-refractivity contribution in [1.29, 1.82) is 0 Å². The van der Waals surface area contributed by atoms with E-state index in [1.54, 1.807) is 26.5 Å². The molecular weight excluding hydrogens is 1840 g/mol. The monoisotopic (exact) mass is 2010 g/mol. The molecule has 24 nitrogen and oxygen atoms in total. The number of likely N-dealkylation sites (tertiary alicyclic amines) is 3. The lowest BCUT2D eigenvalue weighted by atomic mass is 9.85. The zero-order valence-corrected chi connectivity index (χ0v) is 91.5. The molecular formula is C123H173N11O13. The van der Waals surface area contributed by atoms with E-state index >= 15 is 0 Å². The summed E-state index contributed by atoms with van der Waals surface area (Å²) in [6, 6.07) is 63.7. The molecule has 0 aromatic heterocycles. The van der Waals surface area contributed by atoms with Crippen molar-refractivity contribution in [3.63, 3.8) is 0 Å². The molecule has 5 aliphatic heterocycles. The molecule has 8 aromatic carbocycles. The number of amides is 10. The van der Waals surface area contributed by atoms with Gasteiger partial charge >= 0.3 is 0 Å². The fraction of sp³-hybridized carbons (Fsp3) is 0.528. The average molecular weight is 2010 g/mol. The van der Waals surface area contributed by atoms with Crippen molar-refractivity contribution in [2.45, 2.75) is 324 Å². The molecule has 8 aliphatic rings. The maximum Gasteiger partial charge on any atom is 0.254 e. The maximum atomic E-state index is 12.4. The van der Waals surface area contributed by atoms with Crippen LogP contribution in [0.3, 0.4) is 0 Å². The standard InChI is InChI=1S/C17H25NO2.C16H22N2O2.C16H24N2O.C16H23NO.2C15H21NO2.C14H18N2O2.C14H19NO/c1-11(2)13-5-7-14(8-6-13)17(20)18-15-9-4-12(3)10-16(15)19;1-12(2)14-4-6-15(7-5-14)16(20)18-10-8-17(9-11-18)13(3)19;1-12(2)13-4-6-14(7-5-13)16(19)17-15-8-10-18(3)11-9-15;1-12(2)13-8-10-14(11-9-13)16(18)17-15-6-4-3-5-7-15;2*1-11(2)12-5-7-13(8-6-12)15(18)16-9-3-4-14(17)10-16;1-10(2)11-3-5-12(6-4-11)14(18)16-8-7-15-13(17)9-16;1-10(2)11-6-8-12(9-7-11)14(16)15-13-4-3-5-13/h5-8,11-12,15-16,19H,4,9-10H2,1-3H3,(H,18,20);4-7,12H,8-11H2,1-3H3;4-7,12,15H,8-11H2,1-3H3,(H,17,19);8-12,15H,3-7H2,1-2H3,(H,17,18);2*5-8,11,14,17H,3-4,9-10H2,1-2H3;3-6,10H,7-9H2,1-2H3,(H,15,17);6-10,13H,3-5H2,1-2H3,(H,15,16). The van der Waals surface area contributed by atoms with E-state index in [-0.39, 0.29) is 83.9 Å². The Bertz CT molecular complexity index is 5310. The number of nitrogens with one attached hydrogen (secondary N) is 5. The first-order valence-electron chi connectivity index (χ1n) is 54.5. The van der Waals surface area contributed by atoms with E-state index in [0.717, 1.165) is 132 Å². The van der Waals surface area contributed by atoms with Crippen molar-refractivity contribution in [2.75, 3.05) is 92.1 Å². The quantitative estimate of drug-likeness (QED) is 0.0352. The zero-order valence-electron chi connectivity index (χ0n) is 91.5. The van der Waals surface area contributed by atoms with E-state index in [0.29, 0.717) is 146 Å². The summed E-state index contributed by atoms with van der Waals surface area (Å²) in [5.74, 6) is 4.60. The van der Waals surface area contributed by atoms with Crippen molar-refractivity contribution in [3.05, 3.63) is 283 Å². The highest BCUT2D eigenvalue weighted by Gasteiger charge is 2.32. The largest absolute Gasteiger partial charge is 0.391 e. The Labute approximate surface area is 878 Å². The summed E-state index contributed by atoms with van der Waals surface area (Å²) in [6.45, 7) is 46.3. The molecule has 5 saturated heterocycles. The van der Waals surface area contributed by atoms with E-state index < -0.39 is 6.10 Å². The number of β-amino-alcohol motifs (C(OH)–C–C–N with tert-alkyl or cyclic N) is 2. The summed E-state index contributed by atoms with van der Waals surface area (Å²) < 4.78 is 0. The molecule has 5 atom stereocenters. The second-order valence-corrected chi connectivity index (χ2v) is 43.7. The second-order valence-electron chi connectivity index (χ2n) is 43.7. The Morgan fingerprint density at radius 3 is 0.837 bits per heavy atom. The van der Waals surface area contributed by atoms with E-state index in [1.807, 2.05) is 187 Å². The highest BCUT2D eigenvalue weighted by Crippen LogP contribution is 2.30. The Kier molecular flexibility index (Phi) is 48.6. The molecule has 0 radical (unpaired) electrons. The Morgan fingerprint density at radius 2 is 0.565 bits per heavy atom. The van der Waals surface area contributed by atoms with Crippen LogP contribution in [0.4, 0.5) is 0 Å². The Hall–Kier alpha value is -11.7. The van der Waals surface area contributed by atoms with Gasteiger partial charge in [0, 0.05) is 135 Å². The normalized spacial score (nSPS) is 18.7. The topological polar surface area (TPSA) is 311 Å². The van der Waals surface area contributed by atoms with Crippen LogP contribution < -0.4 is 26.6 Å². The predicted octanol–water partition coefficient (Wildman–Crippen LogP) is 21.0. The molecule has 0 spiro atoms. The fourth-order valence-corrected chi connectivity index (χ4v) is 18.7. The predicted molar refractivity (Wildman–Crippen MR) is 591 cm³/mol. The average Bonchev–Trinajstić information content (AvgIpc) is 0.840. The van der Waals surface area contributed by atoms with Crippen molar-refractivity contribution < 1.29 is 63.3 Å². The van der Waals surface area contributed by atoms with Crippen molar-refractivity contribution in [3.8, 4) is 0 Å². The molecule has 8 aromatic rings. The molecule has 5 unspecified atom stereocenters. The molecule has 8 N–H and O–H groups in total. The Balaban J connectivity index is 0.000000187. The van der Waals surface area contributed by atoms with Crippen molar-refractivity contribution in [2.24, 2.45) is 5.92 Å². The van der Waals surface area contributed by atoms with Crippen LogP contribution in [0, 0.1) is 5.92 Å². The highest BCUT2D eigenvalue weighted by molar-refractivity contribution is 5.99. The second kappa shape index (κ2) is 60.1. The first-order valence-corrected chi connectivity index (χ1v) is 54.5. The molecule has 3 saturated carbocycles. The summed E-state index contributed by atoms with van der Waals surface area (Å²) in [7, 11) is 2.13. The number of aliphatic hydroxyl groups is 3. The summed E-state index contributed by atoms with van der Waals surface area (Å²) >= 11 is 0. The summed E-state index contributed by atoms with van der Waals surface area (Å²) in [6.07, 6.45) is 16.6. The van der Waals surface area contributed by atoms with E-state index in [9.17, 15) is 63.3 Å². The van der Waals surface area contributed by atoms with Crippen molar-refractivity contribution >= 4 is 59.1 Å². The lowest BCUT2D eigenvalue weighted by molar-refractivity contribution is -0.130. The SMILES string of the molecule is CC(=O)N1CCN(C(=O)c2ccc(C(C)C)cc2)CC1.CC(C)c1ccc(C(=O)N2CCCC(O)C2)cc1.CC(C)c1ccc(C(=O)N2CCCC(O)C2)cc1.CC(C)c1ccc(C(=O)N2CCNC(=O)C2)cc1.CC(C)c1ccc(C(=O)NC2CCC2)cc1.CC(C)c1ccc(C(=O)NC2CCCCC2)cc1.CC(C)c1ccc(C(=O)NC2CCN(C)CC2)cc1.CC1CCC(NC(=O)c2ccc(C(C)C)cc2)C(O)C1. The van der Waals surface area contributed by atoms with Crippen LogP contribution >= 0.6 is 0 Å². The number of carbonyl (C=O) groups excluding carboxylic acids is 10. The van der Waals surface area contributed by atoms with Gasteiger partial charge in [0.25, 0.3) is 47.3 Å². The van der Waals surface area contributed by atoms with Gasteiger partial charge in [-0.3, -0.25) is 47.9 Å². The van der Waals surface area contributed by atoms with Gasteiger partial charge in [0.15, 0.2) is 0 Å². The number of benzene rings is 8. The number of hydrogen-bond donors (Lipinski definition) is 8. The van der Waals surface area contributed by atoms with Gasteiger partial charge < -0.3 is 71.3 Å². The lowest BCUT2D eigenvalue weighted by Crippen LogP contribution is -2.50. The number of hydrogen-bond acceptors (Lipinski definition) is 14. The highest BCUT2D eigenvalue weighted by atomic mass is 16.3. The Morgan fingerprint density at radius 1 is 0.293 bits per heavy atom. The zero-order chi connectivity index (χ0) is 107. The molecule has 798 valence electrons. The molecule has 10 amide bonds. The van der Waals surface area contributed by atoms with Gasteiger partial charge in [-0.05, 0) is 305 Å². The number of piperidine rings is 3. The van der Waals surface area contributed by atoms with Crippen LogP contribution in [-0.4, -0.2) is 238 Å². The van der Waals surface area contributed by atoms with Crippen LogP contribution in [0.2, 0.25) is 0 Å². The number of aliphatic hydroxyl groups excluding tert-OH is 3. The summed E-state index contributed by atoms with van der Waals surface area (Å²) in [4.78, 5) is 131. The minimum atomic E-state index is -0.419. The van der Waals surface area contributed by atoms with Crippen molar-refractivity contribution in [1.82, 2.24) is 56.0 Å². The molecule has 3 aliphatic carbocycles. The van der Waals surface area contributed by atoms with Gasteiger partial charge in [-0.15, -0.1) is 0 Å². The molecule has 0 bridgehead atoms. The van der Waals surface area contributed by atoms with Gasteiger partial charge in [-0.2, -0.15) is 0 Å². The molecule has 5 heterocycles. The van der Waals surface area contributed by atoms with Crippen LogP contribution in [-0.2, 0) is 9.59 Å². The first kappa shape index (κ1) is 119. The smallest absolute Gasteiger partial charge is 0.254 e. The fourth-order valence-electron chi connectivity index (χ4n) is 18.7. The third kappa shape index (κ3) is 39.1. The van der Waals surface area contributed by atoms with E-state index in [1.165, 1.54) is 70.2 Å². The van der Waals surface area contributed by atoms with Crippen LogP contribution in [0.15, 0.2) is 194 Å². The van der Waals surface area contributed by atoms with Gasteiger partial charge in [-0.25, -0.2) is 0 Å². The molecule has 8 fully saturated rings. The van der Waals surface area contributed by atoms with Crippen LogP contribution in [0.25, 0.3) is 0 Å². The van der Waals surface area contributed by atoms with Gasteiger partial charge in [0.2, 0.25) is 11.8 Å². The van der Waals surface area contributed by atoms with Gasteiger partial charge in [0.1, 0.15) is 0 Å². The minimum Gasteiger partial charge on any atom is -0.391 e. The third-order valence-corrected chi connectivity index (χ3v) is 29.2. The lowest BCUT2D eigenvalue weighted by Gasteiger charge is -2.34. The maximum absolute atomic E-state index is 12.4. The molecule has 24 heteroatoms. The summed E-state index contributed by atoms with van der Waals surface area (Å²) in [5.41, 5.74) is 15.8. The molecule has 16 rings (SSSR count). The first-order chi connectivity index (χ1) is 70.1. The third-order valence-electron chi connectivity index (χ3n) is 29.2. The van der Waals surface area contributed by atoms with E-state index in [2.05, 4.69) is 168 Å². The number of nitrogens with zero attached hydrogens (tertiary/aromatic N) is 6. The van der Waals surface area contributed by atoms with Crippen LogP contribution in [0.1, 0.15) is 408 Å². The van der Waals surface area contributed by atoms with E-state index in [4.69, 9.17) is 0 Å². The minimum absolute atomic E-state index is 0.0315. The number of rotatable bonds is 20. The van der Waals surface area contributed by atoms with Crippen LogP contribution in [0.5, 0.6) is 0 Å². The number of carbonyl (C=O) groups is 10. The number of piperazine rings is 2.